The molecule has 26 heavy (non-hydrogen) atoms. The number of nitro benzene ring substituents is 2. The monoisotopic (exact) mass is 367 g/mol. The number of ether oxygens (including phenoxy) is 1. The summed E-state index contributed by atoms with van der Waals surface area (Å²) in [7, 11) is 2.93. The number of hydrogen-bond donors (Lipinski definition) is 0. The van der Waals surface area contributed by atoms with Crippen LogP contribution in [0.25, 0.3) is 0 Å². The van der Waals surface area contributed by atoms with Gasteiger partial charge < -0.3 is 9.64 Å². The molecule has 0 saturated carbocycles. The van der Waals surface area contributed by atoms with Gasteiger partial charge in [0.25, 0.3) is 0 Å². The lowest BCUT2D eigenvalue weighted by atomic mass is 10.1. The van der Waals surface area contributed by atoms with Crippen LogP contribution in [0, 0.1) is 20.2 Å². The van der Waals surface area contributed by atoms with Crippen molar-refractivity contribution in [1.82, 2.24) is 0 Å². The first-order chi connectivity index (χ1) is 12.3. The van der Waals surface area contributed by atoms with Crippen molar-refractivity contribution in [1.29, 1.82) is 0 Å². The molecule has 0 aliphatic rings. The summed E-state index contributed by atoms with van der Waals surface area (Å²) >= 11 is 0. The van der Waals surface area contributed by atoms with Gasteiger partial charge in [0.15, 0.2) is 5.69 Å². The average Bonchev–Trinajstić information content (AvgIpc) is 2.59. The number of rotatable bonds is 11. The van der Waals surface area contributed by atoms with E-state index in [1.165, 1.54) is 25.4 Å². The molecule has 0 heterocycles. The van der Waals surface area contributed by atoms with E-state index >= 15 is 0 Å². The maximum Gasteiger partial charge on any atom is 0.338 e. The molecule has 1 aromatic carbocycles. The Balaban J connectivity index is 2.87. The Hall–Kier alpha value is -2.71. The van der Waals surface area contributed by atoms with Gasteiger partial charge in [0.2, 0.25) is 0 Å². The second-order valence-electron chi connectivity index (χ2n) is 6.18. The van der Waals surface area contributed by atoms with E-state index in [1.807, 2.05) is 0 Å². The summed E-state index contributed by atoms with van der Waals surface area (Å²) in [5.74, 6) is -0.796. The van der Waals surface area contributed by atoms with Gasteiger partial charge in [0, 0.05) is 26.2 Å². The van der Waals surface area contributed by atoms with Gasteiger partial charge in [0.1, 0.15) is 0 Å². The third kappa shape index (κ3) is 5.98. The van der Waals surface area contributed by atoms with Gasteiger partial charge in [-0.1, -0.05) is 39.0 Å². The van der Waals surface area contributed by atoms with Gasteiger partial charge in [-0.05, 0) is 6.42 Å². The topological polar surface area (TPSA) is 116 Å². The molecule has 0 aromatic heterocycles. The van der Waals surface area contributed by atoms with E-state index in [-0.39, 0.29) is 17.9 Å². The SMILES string of the molecule is CCCCCCCCOC(=O)c1cc([N+](=O)[O-])c(N(C)C)c([N+](=O)[O-])c1. The molecule has 0 atom stereocenters. The van der Waals surface area contributed by atoms with E-state index in [2.05, 4.69) is 6.92 Å². The third-order valence-corrected chi connectivity index (χ3v) is 3.88. The maximum absolute atomic E-state index is 12.1. The van der Waals surface area contributed by atoms with Crippen LogP contribution >= 0.6 is 0 Å². The van der Waals surface area contributed by atoms with Crippen LogP contribution in [0.4, 0.5) is 17.1 Å². The summed E-state index contributed by atoms with van der Waals surface area (Å²) in [5, 5.41) is 22.5. The minimum absolute atomic E-state index is 0.160. The van der Waals surface area contributed by atoms with E-state index in [0.29, 0.717) is 6.42 Å². The molecule has 0 saturated heterocycles. The largest absolute Gasteiger partial charge is 0.462 e. The predicted molar refractivity (Wildman–Crippen MR) is 97.7 cm³/mol. The third-order valence-electron chi connectivity index (χ3n) is 3.88. The number of anilines is 1. The lowest BCUT2D eigenvalue weighted by Gasteiger charge is -2.14. The quantitative estimate of drug-likeness (QED) is 0.250. The van der Waals surface area contributed by atoms with Gasteiger partial charge in [-0.25, -0.2) is 4.79 Å². The molecule has 0 spiro atoms. The van der Waals surface area contributed by atoms with Crippen LogP contribution in [-0.2, 0) is 4.74 Å². The molecular formula is C17H25N3O6. The second kappa shape index (κ2) is 10.3. The maximum atomic E-state index is 12.1. The minimum Gasteiger partial charge on any atom is -0.462 e. The van der Waals surface area contributed by atoms with E-state index in [4.69, 9.17) is 4.74 Å². The first-order valence-electron chi connectivity index (χ1n) is 8.60. The van der Waals surface area contributed by atoms with E-state index < -0.39 is 27.2 Å². The first kappa shape index (κ1) is 21.3. The number of nitrogens with zero attached hydrogens (tertiary/aromatic N) is 3. The van der Waals surface area contributed by atoms with Crippen LogP contribution in [0.1, 0.15) is 55.8 Å². The molecule has 0 aliphatic carbocycles. The van der Waals surface area contributed by atoms with E-state index in [0.717, 1.165) is 37.8 Å². The Morgan fingerprint density at radius 1 is 1.00 bits per heavy atom. The molecule has 0 amide bonds. The zero-order valence-corrected chi connectivity index (χ0v) is 15.4. The van der Waals surface area contributed by atoms with Gasteiger partial charge in [-0.2, -0.15) is 0 Å². The predicted octanol–water partition coefficient (Wildman–Crippen LogP) is 4.09. The lowest BCUT2D eigenvalue weighted by Crippen LogP contribution is -2.15. The molecule has 0 unspecified atom stereocenters. The Morgan fingerprint density at radius 2 is 1.50 bits per heavy atom. The number of unbranched alkanes of at least 4 members (excludes halogenated alkanes) is 5. The number of esters is 1. The Morgan fingerprint density at radius 3 is 1.96 bits per heavy atom. The number of nitro groups is 2. The molecule has 0 aliphatic heterocycles. The van der Waals surface area contributed by atoms with Crippen LogP contribution in [0.5, 0.6) is 0 Å². The standard InChI is InChI=1S/C17H25N3O6/c1-4-5-6-7-8-9-10-26-17(21)13-11-14(19(22)23)16(18(2)3)15(12-13)20(24)25/h11-12H,4-10H2,1-3H3. The number of benzene rings is 1. The summed E-state index contributed by atoms with van der Waals surface area (Å²) < 4.78 is 5.11. The summed E-state index contributed by atoms with van der Waals surface area (Å²) in [6, 6.07) is 2.04. The molecule has 0 radical (unpaired) electrons. The highest BCUT2D eigenvalue weighted by molar-refractivity contribution is 5.94. The van der Waals surface area contributed by atoms with Crippen LogP contribution in [-0.4, -0.2) is 36.5 Å². The summed E-state index contributed by atoms with van der Waals surface area (Å²) in [6.07, 6.45) is 6.12. The van der Waals surface area contributed by atoms with E-state index in [1.54, 1.807) is 0 Å². The van der Waals surface area contributed by atoms with Crippen LogP contribution < -0.4 is 4.90 Å². The Labute approximate surface area is 152 Å². The van der Waals surface area contributed by atoms with Crippen molar-refractivity contribution in [3.05, 3.63) is 37.9 Å². The Bertz CT molecular complexity index is 625. The minimum atomic E-state index is -0.796. The normalized spacial score (nSPS) is 10.4. The smallest absolute Gasteiger partial charge is 0.338 e. The molecule has 9 heteroatoms. The van der Waals surface area contributed by atoms with Crippen molar-refractivity contribution in [2.45, 2.75) is 45.4 Å². The number of carbonyl (C=O) groups excluding carboxylic acids is 1. The van der Waals surface area contributed by atoms with Crippen molar-refractivity contribution in [2.24, 2.45) is 0 Å². The fourth-order valence-electron chi connectivity index (χ4n) is 2.59. The van der Waals surface area contributed by atoms with Gasteiger partial charge in [0.05, 0.1) is 22.0 Å². The van der Waals surface area contributed by atoms with Crippen molar-refractivity contribution < 1.29 is 19.4 Å². The molecule has 1 rings (SSSR count). The first-order valence-corrected chi connectivity index (χ1v) is 8.60. The highest BCUT2D eigenvalue weighted by atomic mass is 16.6. The van der Waals surface area contributed by atoms with Crippen molar-refractivity contribution in [3.63, 3.8) is 0 Å². The Kier molecular flexibility index (Phi) is 8.47. The van der Waals surface area contributed by atoms with Crippen LogP contribution in [0.3, 0.4) is 0 Å². The van der Waals surface area contributed by atoms with Crippen molar-refractivity contribution >= 4 is 23.0 Å². The molecule has 144 valence electrons. The molecule has 0 bridgehead atoms. The molecule has 1 aromatic rings. The average molecular weight is 367 g/mol. The molecule has 0 N–H and O–H groups in total. The van der Waals surface area contributed by atoms with Crippen molar-refractivity contribution in [3.8, 4) is 0 Å². The lowest BCUT2D eigenvalue weighted by molar-refractivity contribution is -0.392. The van der Waals surface area contributed by atoms with Gasteiger partial charge in [-0.3, -0.25) is 20.2 Å². The number of carbonyl (C=O) groups is 1. The summed E-state index contributed by atoms with van der Waals surface area (Å²) in [4.78, 5) is 34.5. The zero-order chi connectivity index (χ0) is 19.7. The highest BCUT2D eigenvalue weighted by Gasteiger charge is 2.30. The molecular weight excluding hydrogens is 342 g/mol. The summed E-state index contributed by atoms with van der Waals surface area (Å²) in [5.41, 5.74) is -1.36. The number of hydrogen-bond acceptors (Lipinski definition) is 7. The zero-order valence-electron chi connectivity index (χ0n) is 15.4. The highest BCUT2D eigenvalue weighted by Crippen LogP contribution is 2.37. The van der Waals surface area contributed by atoms with Crippen LogP contribution in [0.15, 0.2) is 12.1 Å². The van der Waals surface area contributed by atoms with Crippen molar-refractivity contribution in [2.75, 3.05) is 25.6 Å². The second-order valence-corrected chi connectivity index (χ2v) is 6.18. The fraction of sp³-hybridized carbons (Fsp3) is 0.588. The van der Waals surface area contributed by atoms with Gasteiger partial charge in [-0.15, -0.1) is 0 Å². The van der Waals surface area contributed by atoms with Gasteiger partial charge >= 0.3 is 17.3 Å². The molecule has 0 fully saturated rings. The molecule has 9 nitrogen and oxygen atoms in total. The fourth-order valence-corrected chi connectivity index (χ4v) is 2.59. The van der Waals surface area contributed by atoms with Crippen LogP contribution in [0.2, 0.25) is 0 Å². The summed E-state index contributed by atoms with van der Waals surface area (Å²) in [6.45, 7) is 2.31. The van der Waals surface area contributed by atoms with E-state index in [9.17, 15) is 25.0 Å².